The highest BCUT2D eigenvalue weighted by Gasteiger charge is 2.12. The zero-order valence-corrected chi connectivity index (χ0v) is 10.8. The van der Waals surface area contributed by atoms with Crippen molar-refractivity contribution < 1.29 is 4.92 Å². The highest BCUT2D eigenvalue weighted by atomic mass is 32.2. The molecule has 0 aliphatic heterocycles. The molecular weight excluding hydrogens is 280 g/mol. The monoisotopic (exact) mass is 288 g/mol. The molecule has 0 spiro atoms. The molecule has 0 amide bonds. The minimum absolute atomic E-state index is 0.0533. The van der Waals surface area contributed by atoms with Crippen LogP contribution in [0.3, 0.4) is 0 Å². The van der Waals surface area contributed by atoms with Crippen molar-refractivity contribution >= 4 is 34.3 Å². The van der Waals surface area contributed by atoms with Crippen molar-refractivity contribution in [3.05, 3.63) is 41.0 Å². The average molecular weight is 288 g/mol. The smallest absolute Gasteiger partial charge is 0.272 e. The third kappa shape index (κ3) is 2.26. The van der Waals surface area contributed by atoms with E-state index in [4.69, 9.17) is 5.73 Å². The maximum Gasteiger partial charge on any atom is 0.272 e. The van der Waals surface area contributed by atoms with Crippen LogP contribution in [-0.2, 0) is 0 Å². The number of imidazole rings is 1. The molecule has 100 valence electrons. The van der Waals surface area contributed by atoms with Gasteiger partial charge in [-0.2, -0.15) is 0 Å². The van der Waals surface area contributed by atoms with Crippen molar-refractivity contribution in [1.82, 2.24) is 19.9 Å². The lowest BCUT2D eigenvalue weighted by Gasteiger charge is -2.03. The molecule has 2 heterocycles. The highest BCUT2D eigenvalue weighted by Crippen LogP contribution is 2.33. The van der Waals surface area contributed by atoms with Crippen LogP contribution >= 0.6 is 11.8 Å². The van der Waals surface area contributed by atoms with Crippen molar-refractivity contribution in [3.8, 4) is 0 Å². The van der Waals surface area contributed by atoms with Gasteiger partial charge in [0.2, 0.25) is 0 Å². The van der Waals surface area contributed by atoms with E-state index in [2.05, 4.69) is 19.9 Å². The number of rotatable bonds is 3. The fourth-order valence-electron chi connectivity index (χ4n) is 1.70. The Morgan fingerprint density at radius 2 is 2.10 bits per heavy atom. The van der Waals surface area contributed by atoms with E-state index in [9.17, 15) is 10.1 Å². The molecule has 0 saturated carbocycles. The number of non-ortho nitro benzene ring substituents is 1. The Morgan fingerprint density at radius 1 is 1.25 bits per heavy atom. The predicted molar refractivity (Wildman–Crippen MR) is 73.3 cm³/mol. The highest BCUT2D eigenvalue weighted by molar-refractivity contribution is 7.99. The molecule has 1 aromatic carbocycles. The number of aromatic nitrogens is 4. The Morgan fingerprint density at radius 3 is 2.90 bits per heavy atom. The maximum atomic E-state index is 10.8. The molecule has 0 unspecified atom stereocenters. The van der Waals surface area contributed by atoms with Crippen LogP contribution in [-0.4, -0.2) is 24.9 Å². The predicted octanol–water partition coefficient (Wildman–Crippen LogP) is 1.99. The molecule has 20 heavy (non-hydrogen) atoms. The summed E-state index contributed by atoms with van der Waals surface area (Å²) in [6, 6.07) is 4.42. The number of hydrogen-bond acceptors (Lipinski definition) is 7. The average Bonchev–Trinajstić information content (AvgIpc) is 2.87. The van der Waals surface area contributed by atoms with Crippen molar-refractivity contribution in [2.45, 2.75) is 9.92 Å². The number of nitrogens with two attached hydrogens (primary N) is 1. The second-order valence-corrected chi connectivity index (χ2v) is 4.96. The van der Waals surface area contributed by atoms with E-state index in [1.807, 2.05) is 0 Å². The Labute approximate surface area is 116 Å². The molecule has 0 saturated heterocycles. The number of nitro groups is 1. The third-order valence-electron chi connectivity index (χ3n) is 2.53. The van der Waals surface area contributed by atoms with Crippen LogP contribution in [0.25, 0.3) is 11.2 Å². The molecule has 0 aliphatic rings. The number of nitrogen functional groups attached to an aromatic ring is 1. The van der Waals surface area contributed by atoms with Crippen LogP contribution < -0.4 is 5.73 Å². The molecule has 9 heteroatoms. The van der Waals surface area contributed by atoms with Crippen LogP contribution in [0.4, 0.5) is 11.4 Å². The van der Waals surface area contributed by atoms with Crippen molar-refractivity contribution in [3.63, 3.8) is 0 Å². The van der Waals surface area contributed by atoms with Gasteiger partial charge in [0, 0.05) is 22.7 Å². The van der Waals surface area contributed by atoms with Crippen LogP contribution in [0, 0.1) is 10.1 Å². The lowest BCUT2D eigenvalue weighted by atomic mass is 10.3. The summed E-state index contributed by atoms with van der Waals surface area (Å²) in [5.74, 6) is 0. The Balaban J connectivity index is 2.02. The summed E-state index contributed by atoms with van der Waals surface area (Å²) >= 11 is 1.26. The molecule has 0 atom stereocenters. The summed E-state index contributed by atoms with van der Waals surface area (Å²) < 4.78 is 0. The number of aromatic amines is 1. The van der Waals surface area contributed by atoms with Crippen molar-refractivity contribution in [2.75, 3.05) is 5.73 Å². The molecule has 3 aromatic rings. The molecule has 8 nitrogen and oxygen atoms in total. The van der Waals surface area contributed by atoms with Gasteiger partial charge in [0.25, 0.3) is 5.69 Å². The molecule has 0 fully saturated rings. The number of benzene rings is 1. The second kappa shape index (κ2) is 4.78. The number of nitrogens with one attached hydrogen (secondary N) is 1. The van der Waals surface area contributed by atoms with Crippen LogP contribution in [0.5, 0.6) is 0 Å². The van der Waals surface area contributed by atoms with Crippen LogP contribution in [0.2, 0.25) is 0 Å². The van der Waals surface area contributed by atoms with E-state index in [-0.39, 0.29) is 5.69 Å². The molecule has 0 aliphatic carbocycles. The minimum atomic E-state index is -0.480. The summed E-state index contributed by atoms with van der Waals surface area (Å²) in [4.78, 5) is 26.1. The van der Waals surface area contributed by atoms with Gasteiger partial charge < -0.3 is 10.7 Å². The number of nitrogens with zero attached hydrogens (tertiary/aromatic N) is 4. The van der Waals surface area contributed by atoms with E-state index < -0.39 is 4.92 Å². The van der Waals surface area contributed by atoms with E-state index in [1.54, 1.807) is 6.07 Å². The Bertz CT molecular complexity index is 802. The van der Waals surface area contributed by atoms with Gasteiger partial charge in [-0.15, -0.1) is 0 Å². The first kappa shape index (κ1) is 12.4. The Kier molecular flexibility index (Phi) is 2.95. The summed E-state index contributed by atoms with van der Waals surface area (Å²) in [6.45, 7) is 0. The largest absolute Gasteiger partial charge is 0.398 e. The van der Waals surface area contributed by atoms with Crippen molar-refractivity contribution in [1.29, 1.82) is 0 Å². The van der Waals surface area contributed by atoms with Gasteiger partial charge in [-0.25, -0.2) is 15.0 Å². The zero-order valence-electron chi connectivity index (χ0n) is 9.98. The van der Waals surface area contributed by atoms with Gasteiger partial charge in [-0.3, -0.25) is 10.1 Å². The first-order chi connectivity index (χ1) is 9.63. The maximum absolute atomic E-state index is 10.8. The summed E-state index contributed by atoms with van der Waals surface area (Å²) in [6.07, 6.45) is 2.91. The topological polar surface area (TPSA) is 124 Å². The third-order valence-corrected chi connectivity index (χ3v) is 3.50. The van der Waals surface area contributed by atoms with Gasteiger partial charge in [0.05, 0.1) is 11.3 Å². The van der Waals surface area contributed by atoms with Gasteiger partial charge in [-0.05, 0) is 6.07 Å². The molecule has 0 radical (unpaired) electrons. The van der Waals surface area contributed by atoms with Crippen LogP contribution in [0.15, 0.2) is 40.8 Å². The van der Waals surface area contributed by atoms with Gasteiger partial charge in [0.15, 0.2) is 5.65 Å². The SMILES string of the molecule is Nc1cc(Sc2ncnc3nc[nH]c23)cc([N+](=O)[O-])c1. The molecule has 3 N–H and O–H groups in total. The van der Waals surface area contributed by atoms with Crippen molar-refractivity contribution in [2.24, 2.45) is 0 Å². The Hall–Kier alpha value is -2.68. The fraction of sp³-hybridized carbons (Fsp3) is 0. The number of fused-ring (bicyclic) bond motifs is 1. The lowest BCUT2D eigenvalue weighted by Crippen LogP contribution is -1.92. The standard InChI is InChI=1S/C11H8N6O2S/c12-6-1-7(17(18)19)3-8(2-6)20-11-9-10(14-4-13-9)15-5-16-11/h1-5H,12H2,(H,13,14,15,16). The number of anilines is 1. The van der Waals surface area contributed by atoms with Gasteiger partial charge in [0.1, 0.15) is 16.9 Å². The number of nitro benzene ring substituents is 1. The zero-order chi connectivity index (χ0) is 14.1. The molecular formula is C11H8N6O2S. The molecule has 2 aromatic heterocycles. The fourth-order valence-corrected chi connectivity index (χ4v) is 2.65. The lowest BCUT2D eigenvalue weighted by molar-refractivity contribution is -0.385. The summed E-state index contributed by atoms with van der Waals surface area (Å²) in [5, 5.41) is 11.5. The van der Waals surface area contributed by atoms with E-state index >= 15 is 0 Å². The van der Waals surface area contributed by atoms with E-state index in [0.29, 0.717) is 26.8 Å². The normalized spacial score (nSPS) is 10.8. The molecule has 0 bridgehead atoms. The first-order valence-electron chi connectivity index (χ1n) is 5.50. The summed E-state index contributed by atoms with van der Waals surface area (Å²) in [7, 11) is 0. The summed E-state index contributed by atoms with van der Waals surface area (Å²) in [5.41, 5.74) is 7.18. The van der Waals surface area contributed by atoms with E-state index in [0.717, 1.165) is 0 Å². The number of hydrogen-bond donors (Lipinski definition) is 2. The van der Waals surface area contributed by atoms with Gasteiger partial charge in [-0.1, -0.05) is 11.8 Å². The quantitative estimate of drug-likeness (QED) is 0.327. The van der Waals surface area contributed by atoms with Gasteiger partial charge >= 0.3 is 0 Å². The van der Waals surface area contributed by atoms with Crippen LogP contribution in [0.1, 0.15) is 0 Å². The minimum Gasteiger partial charge on any atom is -0.398 e. The second-order valence-electron chi connectivity index (χ2n) is 3.90. The molecule has 3 rings (SSSR count). The first-order valence-corrected chi connectivity index (χ1v) is 6.32. The van der Waals surface area contributed by atoms with E-state index in [1.165, 1.54) is 36.5 Å². The number of H-pyrrole nitrogens is 1.